The van der Waals surface area contributed by atoms with E-state index < -0.39 is 0 Å². The third-order valence-electron chi connectivity index (χ3n) is 6.84. The van der Waals surface area contributed by atoms with E-state index in [0.717, 1.165) is 31.4 Å². The van der Waals surface area contributed by atoms with E-state index in [1.165, 1.54) is 28.7 Å². The number of aliphatic imine (C=N–C) groups is 1. The van der Waals surface area contributed by atoms with Crippen molar-refractivity contribution in [2.75, 3.05) is 36.5 Å². The molecule has 5 rings (SSSR count). The van der Waals surface area contributed by atoms with Gasteiger partial charge in [0.25, 0.3) is 5.69 Å². The second-order valence-corrected chi connectivity index (χ2v) is 12.6. The van der Waals surface area contributed by atoms with Crippen molar-refractivity contribution in [1.82, 2.24) is 4.98 Å². The third kappa shape index (κ3) is 6.75. The number of nitro benzene ring substituents is 1. The van der Waals surface area contributed by atoms with Gasteiger partial charge in [-0.15, -0.1) is 11.3 Å². The molecule has 0 spiro atoms. The molecule has 9 nitrogen and oxygen atoms in total. The Bertz CT molecular complexity index is 1620. The van der Waals surface area contributed by atoms with E-state index in [1.807, 2.05) is 56.9 Å². The summed E-state index contributed by atoms with van der Waals surface area (Å²) in [4.78, 5) is 35.6. The standard InChI is InChI=1S/C30H31N5O4S2/c1-18-13-19(2)28(20(3)14-18)33-29(36)21(4)40-30-32-24-7-6-23(16-27(24)41-30)31-17-22-5-8-25(26(15-22)35(37)38)34-9-11-39-12-10-34/h5-8,13-17,21H,9-12H2,1-4H3,(H,33,36). The second-order valence-electron chi connectivity index (χ2n) is 10.0. The second kappa shape index (κ2) is 12.4. The Balaban J connectivity index is 1.28. The van der Waals surface area contributed by atoms with Crippen LogP contribution in [0.15, 0.2) is 57.9 Å². The molecule has 0 aliphatic carbocycles. The van der Waals surface area contributed by atoms with Gasteiger partial charge in [-0.3, -0.25) is 19.9 Å². The van der Waals surface area contributed by atoms with Crippen molar-refractivity contribution in [2.45, 2.75) is 37.3 Å². The first-order valence-electron chi connectivity index (χ1n) is 13.3. The lowest BCUT2D eigenvalue weighted by molar-refractivity contribution is -0.384. The van der Waals surface area contributed by atoms with E-state index in [1.54, 1.807) is 18.3 Å². The van der Waals surface area contributed by atoms with E-state index in [2.05, 4.69) is 22.4 Å². The predicted octanol–water partition coefficient (Wildman–Crippen LogP) is 6.84. The van der Waals surface area contributed by atoms with Gasteiger partial charge in [0.05, 0.1) is 39.3 Å². The highest BCUT2D eigenvalue weighted by molar-refractivity contribution is 8.02. The highest BCUT2D eigenvalue weighted by Crippen LogP contribution is 2.35. The maximum atomic E-state index is 12.9. The number of carbonyl (C=O) groups excluding carboxylic acids is 1. The van der Waals surface area contributed by atoms with Crippen LogP contribution in [0.1, 0.15) is 29.2 Å². The Morgan fingerprint density at radius 1 is 1.15 bits per heavy atom. The molecule has 4 aromatic rings. The van der Waals surface area contributed by atoms with Gasteiger partial charge >= 0.3 is 0 Å². The number of nitrogens with one attached hydrogen (secondary N) is 1. The zero-order valence-electron chi connectivity index (χ0n) is 23.3. The van der Waals surface area contributed by atoms with E-state index >= 15 is 0 Å². The summed E-state index contributed by atoms with van der Waals surface area (Å²) in [5, 5.41) is 14.5. The van der Waals surface area contributed by atoms with Crippen LogP contribution in [0.2, 0.25) is 0 Å². The first kappa shape index (κ1) is 28.7. The summed E-state index contributed by atoms with van der Waals surface area (Å²) < 4.78 is 7.13. The lowest BCUT2D eigenvalue weighted by Crippen LogP contribution is -2.36. The fourth-order valence-electron chi connectivity index (χ4n) is 4.82. The number of thioether (sulfide) groups is 1. The first-order chi connectivity index (χ1) is 19.7. The zero-order chi connectivity index (χ0) is 29.1. The number of hydrogen-bond donors (Lipinski definition) is 1. The molecule has 1 saturated heterocycles. The highest BCUT2D eigenvalue weighted by Gasteiger charge is 2.22. The van der Waals surface area contributed by atoms with Crippen molar-refractivity contribution in [3.8, 4) is 0 Å². The summed E-state index contributed by atoms with van der Waals surface area (Å²) >= 11 is 2.94. The summed E-state index contributed by atoms with van der Waals surface area (Å²) in [5.41, 5.74) is 6.97. The number of amides is 1. The number of nitro groups is 1. The molecule has 1 amide bonds. The monoisotopic (exact) mass is 589 g/mol. The van der Waals surface area contributed by atoms with Gasteiger partial charge in [-0.25, -0.2) is 4.98 Å². The predicted molar refractivity (Wildman–Crippen MR) is 168 cm³/mol. The average molecular weight is 590 g/mol. The zero-order valence-corrected chi connectivity index (χ0v) is 25.0. The number of carbonyl (C=O) groups is 1. The van der Waals surface area contributed by atoms with Crippen molar-refractivity contribution in [3.05, 3.63) is 80.9 Å². The van der Waals surface area contributed by atoms with Crippen LogP contribution in [-0.2, 0) is 9.53 Å². The number of rotatable bonds is 8. The largest absolute Gasteiger partial charge is 0.378 e. The Labute approximate surface area is 246 Å². The third-order valence-corrected chi connectivity index (χ3v) is 9.05. The molecule has 0 saturated carbocycles. The lowest BCUT2D eigenvalue weighted by Gasteiger charge is -2.28. The number of ether oxygens (including phenoxy) is 1. The summed E-state index contributed by atoms with van der Waals surface area (Å²) in [7, 11) is 0. The molecule has 2 heterocycles. The molecule has 1 fully saturated rings. The number of hydrogen-bond acceptors (Lipinski definition) is 9. The van der Waals surface area contributed by atoms with Crippen LogP contribution >= 0.6 is 23.1 Å². The van der Waals surface area contributed by atoms with E-state index in [0.29, 0.717) is 43.2 Å². The van der Waals surface area contributed by atoms with Crippen molar-refractivity contribution in [3.63, 3.8) is 0 Å². The van der Waals surface area contributed by atoms with Crippen LogP contribution in [0.25, 0.3) is 10.2 Å². The molecule has 0 bridgehead atoms. The highest BCUT2D eigenvalue weighted by atomic mass is 32.2. The topological polar surface area (TPSA) is 110 Å². The molecule has 1 aliphatic heterocycles. The molecule has 1 unspecified atom stereocenters. The first-order valence-corrected chi connectivity index (χ1v) is 15.0. The Hall–Kier alpha value is -3.80. The van der Waals surface area contributed by atoms with Gasteiger partial charge in [-0.05, 0) is 68.7 Å². The molecule has 1 atom stereocenters. The molecule has 1 aromatic heterocycles. The maximum Gasteiger partial charge on any atom is 0.293 e. The summed E-state index contributed by atoms with van der Waals surface area (Å²) in [6.07, 6.45) is 1.63. The number of morpholine rings is 1. The van der Waals surface area contributed by atoms with Gasteiger partial charge < -0.3 is 15.0 Å². The molecule has 1 aliphatic rings. The van der Waals surface area contributed by atoms with Gasteiger partial charge in [0.15, 0.2) is 4.34 Å². The molecular weight excluding hydrogens is 558 g/mol. The van der Waals surface area contributed by atoms with Gasteiger partial charge in [0.2, 0.25) is 5.91 Å². The number of thiazole rings is 1. The van der Waals surface area contributed by atoms with Gasteiger partial charge in [0.1, 0.15) is 5.69 Å². The summed E-state index contributed by atoms with van der Waals surface area (Å²) in [5.74, 6) is -0.0664. The normalized spacial score (nSPS) is 14.5. The van der Waals surface area contributed by atoms with E-state index in [9.17, 15) is 14.9 Å². The Morgan fingerprint density at radius 3 is 2.59 bits per heavy atom. The van der Waals surface area contributed by atoms with Gasteiger partial charge in [-0.2, -0.15) is 0 Å². The van der Waals surface area contributed by atoms with Crippen molar-refractivity contribution in [1.29, 1.82) is 0 Å². The molecule has 11 heteroatoms. The van der Waals surface area contributed by atoms with Crippen LogP contribution in [0, 0.1) is 30.9 Å². The molecule has 212 valence electrons. The van der Waals surface area contributed by atoms with E-state index in [4.69, 9.17) is 9.72 Å². The minimum absolute atomic E-state index is 0.0567. The van der Waals surface area contributed by atoms with Crippen molar-refractivity contribution < 1.29 is 14.5 Å². The average Bonchev–Trinajstić information content (AvgIpc) is 3.35. The molecular formula is C30H31N5O4S2. The Kier molecular flexibility index (Phi) is 8.67. The van der Waals surface area contributed by atoms with Crippen LogP contribution in [0.3, 0.4) is 0 Å². The quantitative estimate of drug-likeness (QED) is 0.104. The van der Waals surface area contributed by atoms with Crippen molar-refractivity contribution >= 4 is 68.2 Å². The Morgan fingerprint density at radius 2 is 1.88 bits per heavy atom. The summed E-state index contributed by atoms with van der Waals surface area (Å²) in [6, 6.07) is 15.0. The fraction of sp³-hybridized carbons (Fsp3) is 0.300. The minimum Gasteiger partial charge on any atom is -0.378 e. The molecule has 1 N–H and O–H groups in total. The lowest BCUT2D eigenvalue weighted by atomic mass is 10.1. The molecule has 3 aromatic carbocycles. The van der Waals surface area contributed by atoms with E-state index in [-0.39, 0.29) is 21.8 Å². The SMILES string of the molecule is Cc1cc(C)c(NC(=O)C(C)Sc2nc3ccc(N=Cc4ccc(N5CCOCC5)c([N+](=O)[O-])c4)cc3s2)c(C)c1. The van der Waals surface area contributed by atoms with Crippen LogP contribution < -0.4 is 10.2 Å². The fourth-order valence-corrected chi connectivity index (χ4v) is 7.06. The number of aryl methyl sites for hydroxylation is 3. The van der Waals surface area contributed by atoms with Gasteiger partial charge in [0, 0.05) is 31.1 Å². The van der Waals surface area contributed by atoms with Crippen LogP contribution in [0.5, 0.6) is 0 Å². The summed E-state index contributed by atoms with van der Waals surface area (Å²) in [6.45, 7) is 10.3. The number of nitrogens with zero attached hydrogens (tertiary/aromatic N) is 4. The number of benzene rings is 3. The molecule has 0 radical (unpaired) electrons. The van der Waals surface area contributed by atoms with Crippen LogP contribution in [0.4, 0.5) is 22.7 Å². The van der Waals surface area contributed by atoms with Gasteiger partial charge in [-0.1, -0.05) is 35.5 Å². The minimum atomic E-state index is -0.352. The number of fused-ring (bicyclic) bond motifs is 1. The number of aromatic nitrogens is 1. The smallest absolute Gasteiger partial charge is 0.293 e. The maximum absolute atomic E-state index is 12.9. The van der Waals surface area contributed by atoms with Crippen molar-refractivity contribution in [2.24, 2.45) is 4.99 Å². The van der Waals surface area contributed by atoms with Crippen LogP contribution in [-0.4, -0.2) is 53.6 Å². The number of anilines is 2. The molecule has 41 heavy (non-hydrogen) atoms.